The van der Waals surface area contributed by atoms with Crippen molar-refractivity contribution >= 4 is 9.84 Å². The van der Waals surface area contributed by atoms with E-state index in [0.717, 1.165) is 38.5 Å². The van der Waals surface area contributed by atoms with Crippen LogP contribution in [0.1, 0.15) is 84.5 Å². The Bertz CT molecular complexity index is 1160. The molecule has 1 aromatic rings. The van der Waals surface area contributed by atoms with E-state index in [4.69, 9.17) is 4.74 Å². The lowest BCUT2D eigenvalue weighted by Gasteiger charge is -2.58. The first kappa shape index (κ1) is 27.0. The first-order chi connectivity index (χ1) is 18.1. The van der Waals surface area contributed by atoms with Gasteiger partial charge in [-0.1, -0.05) is 43.7 Å². The molecule has 8 unspecified atom stereocenters. The van der Waals surface area contributed by atoms with Crippen LogP contribution < -0.4 is 0 Å². The van der Waals surface area contributed by atoms with Gasteiger partial charge in [-0.05, 0) is 111 Å². The first-order valence-electron chi connectivity index (χ1n) is 15.0. The standard InChI is InChI=1S/C32H46O5S/c1-30-14-12-24(33)18-22(30)8-10-27-28-11-9-23(31(28,2)15-13-29(27)30)19-26(20-32(34)16-17-37-21-32)38(35,36)25-6-4-3-5-7-25/h3-8,23-24,26-29,33-34H,9-21H2,1-2H3/t23-,24?,26?,27?,28?,29?,30?,31?,32?/m1/s1. The fraction of sp³-hybridized carbons (Fsp3) is 0.750. The van der Waals surface area contributed by atoms with E-state index in [1.54, 1.807) is 24.3 Å². The maximum Gasteiger partial charge on any atom is 0.181 e. The number of benzene rings is 1. The molecule has 6 heteroatoms. The summed E-state index contributed by atoms with van der Waals surface area (Å²) >= 11 is 0. The zero-order valence-corrected chi connectivity index (χ0v) is 24.0. The Kier molecular flexibility index (Phi) is 6.90. The van der Waals surface area contributed by atoms with Gasteiger partial charge in [0.2, 0.25) is 0 Å². The Morgan fingerprint density at radius 2 is 1.82 bits per heavy atom. The molecular weight excluding hydrogens is 496 g/mol. The van der Waals surface area contributed by atoms with E-state index in [1.165, 1.54) is 18.4 Å². The number of sulfone groups is 1. The highest BCUT2D eigenvalue weighted by molar-refractivity contribution is 7.92. The van der Waals surface area contributed by atoms with Gasteiger partial charge in [-0.15, -0.1) is 0 Å². The summed E-state index contributed by atoms with van der Waals surface area (Å²) in [7, 11) is -3.58. The summed E-state index contributed by atoms with van der Waals surface area (Å²) in [5.74, 6) is 2.28. The minimum absolute atomic E-state index is 0.135. The molecule has 1 aliphatic heterocycles. The van der Waals surface area contributed by atoms with Gasteiger partial charge in [0.05, 0.1) is 28.5 Å². The van der Waals surface area contributed by atoms with Crippen LogP contribution in [0.25, 0.3) is 0 Å². The Balaban J connectivity index is 1.27. The number of allylic oxidation sites excluding steroid dienone is 1. The fourth-order valence-corrected chi connectivity index (χ4v) is 11.7. The second-order valence-electron chi connectivity index (χ2n) is 13.9. The quantitative estimate of drug-likeness (QED) is 0.451. The Hall–Kier alpha value is -1.21. The van der Waals surface area contributed by atoms with Gasteiger partial charge >= 0.3 is 0 Å². The topological polar surface area (TPSA) is 83.8 Å². The minimum atomic E-state index is -3.58. The molecule has 6 rings (SSSR count). The number of ether oxygens (including phenoxy) is 1. The van der Waals surface area contributed by atoms with Gasteiger partial charge in [0.25, 0.3) is 0 Å². The molecule has 0 aromatic heterocycles. The smallest absolute Gasteiger partial charge is 0.181 e. The molecule has 1 heterocycles. The lowest BCUT2D eigenvalue weighted by molar-refractivity contribution is -0.0517. The summed E-state index contributed by atoms with van der Waals surface area (Å²) in [4.78, 5) is 0.369. The molecule has 4 fully saturated rings. The molecule has 1 saturated heterocycles. The highest BCUT2D eigenvalue weighted by atomic mass is 32.2. The van der Waals surface area contributed by atoms with Crippen LogP contribution in [0.5, 0.6) is 0 Å². The number of hydrogen-bond acceptors (Lipinski definition) is 5. The summed E-state index contributed by atoms with van der Waals surface area (Å²) in [5.41, 5.74) is 0.785. The molecule has 9 atom stereocenters. The van der Waals surface area contributed by atoms with E-state index >= 15 is 0 Å². The average molecular weight is 543 g/mol. The highest BCUT2D eigenvalue weighted by Gasteiger charge is 2.59. The van der Waals surface area contributed by atoms with Crippen LogP contribution in [0.3, 0.4) is 0 Å². The van der Waals surface area contributed by atoms with Crippen molar-refractivity contribution in [3.8, 4) is 0 Å². The van der Waals surface area contributed by atoms with Crippen LogP contribution in [0.2, 0.25) is 0 Å². The van der Waals surface area contributed by atoms with Gasteiger partial charge in [0.15, 0.2) is 9.84 Å². The Morgan fingerprint density at radius 1 is 1.03 bits per heavy atom. The van der Waals surface area contributed by atoms with Crippen LogP contribution in [-0.4, -0.2) is 48.8 Å². The van der Waals surface area contributed by atoms with Crippen molar-refractivity contribution in [2.45, 2.75) is 106 Å². The summed E-state index contributed by atoms with van der Waals surface area (Å²) < 4.78 is 33.5. The van der Waals surface area contributed by atoms with E-state index in [2.05, 4.69) is 19.9 Å². The van der Waals surface area contributed by atoms with Gasteiger partial charge in [0, 0.05) is 13.0 Å². The molecule has 0 radical (unpaired) electrons. The van der Waals surface area contributed by atoms with Gasteiger partial charge in [0.1, 0.15) is 0 Å². The maximum absolute atomic E-state index is 14.0. The van der Waals surface area contributed by atoms with Crippen LogP contribution in [0.15, 0.2) is 46.9 Å². The van der Waals surface area contributed by atoms with Crippen LogP contribution >= 0.6 is 0 Å². The Morgan fingerprint density at radius 3 is 2.55 bits per heavy atom. The molecular formula is C32H46O5S. The first-order valence-corrected chi connectivity index (χ1v) is 16.6. The van der Waals surface area contributed by atoms with Crippen LogP contribution in [0, 0.1) is 34.5 Å². The molecule has 2 N–H and O–H groups in total. The molecule has 210 valence electrons. The van der Waals surface area contributed by atoms with Gasteiger partial charge in [-0.3, -0.25) is 0 Å². The van der Waals surface area contributed by atoms with Crippen molar-refractivity contribution in [2.24, 2.45) is 34.5 Å². The second-order valence-corrected chi connectivity index (χ2v) is 16.1. The van der Waals surface area contributed by atoms with E-state index in [-0.39, 0.29) is 30.0 Å². The molecule has 5 aliphatic rings. The highest BCUT2D eigenvalue weighted by Crippen LogP contribution is 2.67. The van der Waals surface area contributed by atoms with Crippen molar-refractivity contribution in [3.05, 3.63) is 42.0 Å². The predicted molar refractivity (Wildman–Crippen MR) is 148 cm³/mol. The minimum Gasteiger partial charge on any atom is -0.393 e. The monoisotopic (exact) mass is 542 g/mol. The largest absolute Gasteiger partial charge is 0.393 e. The number of fused-ring (bicyclic) bond motifs is 5. The second kappa shape index (κ2) is 9.71. The summed E-state index contributed by atoms with van der Waals surface area (Å²) in [6.07, 6.45) is 12.2. The zero-order valence-electron chi connectivity index (χ0n) is 23.1. The zero-order chi connectivity index (χ0) is 26.8. The number of aliphatic hydroxyl groups is 2. The van der Waals surface area contributed by atoms with Crippen molar-refractivity contribution in [1.82, 2.24) is 0 Å². The maximum atomic E-state index is 14.0. The van der Waals surface area contributed by atoms with E-state index in [9.17, 15) is 18.6 Å². The van der Waals surface area contributed by atoms with Crippen molar-refractivity contribution in [2.75, 3.05) is 13.2 Å². The summed E-state index contributed by atoms with van der Waals surface area (Å²) in [6, 6.07) is 8.85. The van der Waals surface area contributed by atoms with Gasteiger partial charge in [-0.2, -0.15) is 0 Å². The SMILES string of the molecule is CC12CCC(O)CC1=CCC1C2CCC2(C)C1CC[C@@H]2CC(CC1(O)CCOC1)S(=O)(=O)c1ccccc1. The van der Waals surface area contributed by atoms with Gasteiger partial charge in [-0.25, -0.2) is 8.42 Å². The van der Waals surface area contributed by atoms with E-state index in [0.29, 0.717) is 48.0 Å². The molecule has 0 bridgehead atoms. The third-order valence-corrected chi connectivity index (χ3v) is 14.2. The lowest BCUT2D eigenvalue weighted by atomic mass is 9.47. The summed E-state index contributed by atoms with van der Waals surface area (Å²) in [6.45, 7) is 5.64. The molecule has 3 saturated carbocycles. The molecule has 1 aromatic carbocycles. The van der Waals surface area contributed by atoms with E-state index < -0.39 is 20.7 Å². The molecule has 4 aliphatic carbocycles. The summed E-state index contributed by atoms with van der Waals surface area (Å²) in [5, 5.41) is 21.0. The molecule has 0 spiro atoms. The van der Waals surface area contributed by atoms with Gasteiger partial charge < -0.3 is 14.9 Å². The predicted octanol–water partition coefficient (Wildman–Crippen LogP) is 5.70. The molecule has 38 heavy (non-hydrogen) atoms. The number of aliphatic hydroxyl groups excluding tert-OH is 1. The average Bonchev–Trinajstić information content (AvgIpc) is 3.47. The van der Waals surface area contributed by atoms with Crippen molar-refractivity contribution < 1.29 is 23.4 Å². The van der Waals surface area contributed by atoms with Crippen molar-refractivity contribution in [1.29, 1.82) is 0 Å². The van der Waals surface area contributed by atoms with Crippen molar-refractivity contribution in [3.63, 3.8) is 0 Å². The molecule has 0 amide bonds. The third kappa shape index (κ3) is 4.42. The van der Waals surface area contributed by atoms with Crippen LogP contribution in [0.4, 0.5) is 0 Å². The third-order valence-electron chi connectivity index (χ3n) is 12.0. The van der Waals surface area contributed by atoms with E-state index in [1.807, 2.05) is 6.07 Å². The number of rotatable bonds is 6. The van der Waals surface area contributed by atoms with Crippen LogP contribution in [-0.2, 0) is 14.6 Å². The normalized spacial score (nSPS) is 43.6. The lowest BCUT2D eigenvalue weighted by Crippen LogP contribution is -2.50. The fourth-order valence-electron chi connectivity index (χ4n) is 9.76. The molecule has 5 nitrogen and oxygen atoms in total. The number of hydrogen-bond donors (Lipinski definition) is 2. The Labute approximate surface area is 229 Å².